The van der Waals surface area contributed by atoms with Crippen molar-refractivity contribution >= 4 is 18.7 Å². The minimum Gasteiger partial charge on any atom is -0.403 e. The van der Waals surface area contributed by atoms with Crippen LogP contribution in [0.3, 0.4) is 0 Å². The van der Waals surface area contributed by atoms with Crippen LogP contribution in [0.4, 0.5) is 0 Å². The molecule has 1 fully saturated rings. The van der Waals surface area contributed by atoms with Gasteiger partial charge in [0.2, 0.25) is 0 Å². The first-order chi connectivity index (χ1) is 10.4. The molecule has 2 unspecified atom stereocenters. The molecule has 2 aromatic rings. The monoisotopic (exact) mass is 311 g/mol. The number of benzene rings is 2. The van der Waals surface area contributed by atoms with Gasteiger partial charge in [-0.3, -0.25) is 0 Å². The molecule has 1 aliphatic carbocycles. The van der Waals surface area contributed by atoms with Crippen molar-refractivity contribution in [2.24, 2.45) is 5.73 Å². The first kappa shape index (κ1) is 15.5. The molecule has 0 radical (unpaired) electrons. The molecule has 1 saturated carbocycles. The Morgan fingerprint density at radius 2 is 1.32 bits per heavy atom. The van der Waals surface area contributed by atoms with Gasteiger partial charge in [0.1, 0.15) is 0 Å². The van der Waals surface area contributed by atoms with E-state index in [1.807, 2.05) is 0 Å². The Morgan fingerprint density at radius 1 is 0.909 bits per heavy atom. The maximum absolute atomic E-state index is 6.81. The molecular formula is C19H25NOSi. The highest BCUT2D eigenvalue weighted by Gasteiger charge is 2.54. The average Bonchev–Trinajstić information content (AvgIpc) is 3.20. The molecule has 2 atom stereocenters. The van der Waals surface area contributed by atoms with E-state index in [-0.39, 0.29) is 17.2 Å². The minimum absolute atomic E-state index is 0.0397. The second-order valence-electron chi connectivity index (χ2n) is 7.22. The van der Waals surface area contributed by atoms with Gasteiger partial charge in [0.05, 0.1) is 6.10 Å². The third-order valence-corrected chi connectivity index (χ3v) is 9.59. The summed E-state index contributed by atoms with van der Waals surface area (Å²) in [6.07, 6.45) is 1.18. The van der Waals surface area contributed by atoms with Gasteiger partial charge in [-0.25, -0.2) is 0 Å². The van der Waals surface area contributed by atoms with E-state index in [0.29, 0.717) is 0 Å². The summed E-state index contributed by atoms with van der Waals surface area (Å²) in [5.74, 6) is 0. The van der Waals surface area contributed by atoms with Gasteiger partial charge in [0, 0.05) is 6.04 Å². The molecule has 22 heavy (non-hydrogen) atoms. The summed E-state index contributed by atoms with van der Waals surface area (Å²) in [6, 6.07) is 21.7. The molecule has 0 heterocycles. The van der Waals surface area contributed by atoms with Crippen LogP contribution in [0.5, 0.6) is 0 Å². The zero-order valence-electron chi connectivity index (χ0n) is 13.6. The third-order valence-electron chi connectivity index (χ3n) is 4.52. The number of hydrogen-bond donors (Lipinski definition) is 1. The van der Waals surface area contributed by atoms with Gasteiger partial charge >= 0.3 is 0 Å². The lowest BCUT2D eigenvalue weighted by molar-refractivity contribution is 0.277. The van der Waals surface area contributed by atoms with Crippen LogP contribution < -0.4 is 16.1 Å². The van der Waals surface area contributed by atoms with Crippen molar-refractivity contribution in [3.8, 4) is 0 Å². The molecule has 2 nitrogen and oxygen atoms in total. The molecule has 0 spiro atoms. The molecule has 2 N–H and O–H groups in total. The first-order valence-corrected chi connectivity index (χ1v) is 9.90. The number of nitrogens with two attached hydrogens (primary N) is 1. The second kappa shape index (κ2) is 5.65. The zero-order valence-corrected chi connectivity index (χ0v) is 14.6. The highest BCUT2D eigenvalue weighted by Crippen LogP contribution is 2.40. The average molecular weight is 312 g/mol. The van der Waals surface area contributed by atoms with Crippen LogP contribution >= 0.6 is 0 Å². The fourth-order valence-electron chi connectivity index (χ4n) is 3.24. The van der Waals surface area contributed by atoms with Crippen LogP contribution in [0, 0.1) is 0 Å². The van der Waals surface area contributed by atoms with E-state index in [9.17, 15) is 0 Å². The summed E-state index contributed by atoms with van der Waals surface area (Å²) in [5, 5.41) is 2.69. The highest BCUT2D eigenvalue weighted by molar-refractivity contribution is 6.99. The third kappa shape index (κ3) is 2.65. The Kier molecular flexibility index (Phi) is 3.97. The van der Waals surface area contributed by atoms with Gasteiger partial charge in [0.25, 0.3) is 8.32 Å². The van der Waals surface area contributed by atoms with Crippen LogP contribution in [0.2, 0.25) is 5.04 Å². The fraction of sp³-hybridized carbons (Fsp3) is 0.368. The van der Waals surface area contributed by atoms with E-state index in [4.69, 9.17) is 10.2 Å². The van der Waals surface area contributed by atoms with Crippen molar-refractivity contribution in [2.75, 3.05) is 0 Å². The van der Waals surface area contributed by atoms with E-state index in [1.165, 1.54) is 10.4 Å². The first-order valence-electron chi connectivity index (χ1n) is 7.99. The lowest BCUT2D eigenvalue weighted by Crippen LogP contribution is -2.67. The standard InChI is InChI=1S/C19H25NOSi/c1-19(2,3)22(21-18-14-17(18)20,15-10-6-4-7-11-15)16-12-8-5-9-13-16/h4-13,17-18H,14,20H2,1-3H3. The fourth-order valence-corrected chi connectivity index (χ4v) is 7.98. The van der Waals surface area contributed by atoms with Gasteiger partial charge in [0.15, 0.2) is 0 Å². The molecule has 2 aromatic carbocycles. The Hall–Kier alpha value is -1.42. The predicted octanol–water partition coefficient (Wildman–Crippen LogP) is 2.66. The van der Waals surface area contributed by atoms with Crippen molar-refractivity contribution < 1.29 is 4.43 Å². The summed E-state index contributed by atoms with van der Waals surface area (Å²) >= 11 is 0. The lowest BCUT2D eigenvalue weighted by Gasteiger charge is -2.43. The van der Waals surface area contributed by atoms with E-state index >= 15 is 0 Å². The van der Waals surface area contributed by atoms with E-state index in [0.717, 1.165) is 6.42 Å². The summed E-state index contributed by atoms with van der Waals surface area (Å²) in [7, 11) is -2.37. The van der Waals surface area contributed by atoms with Crippen molar-refractivity contribution in [1.82, 2.24) is 0 Å². The van der Waals surface area contributed by atoms with Gasteiger partial charge in [-0.15, -0.1) is 0 Å². The Balaban J connectivity index is 2.18. The minimum atomic E-state index is -2.37. The Morgan fingerprint density at radius 3 is 1.64 bits per heavy atom. The van der Waals surface area contributed by atoms with Crippen LogP contribution in [0.1, 0.15) is 27.2 Å². The van der Waals surface area contributed by atoms with E-state index in [1.54, 1.807) is 0 Å². The van der Waals surface area contributed by atoms with E-state index in [2.05, 4.69) is 81.4 Å². The van der Waals surface area contributed by atoms with Crippen LogP contribution in [0.25, 0.3) is 0 Å². The summed E-state index contributed by atoms with van der Waals surface area (Å²) < 4.78 is 6.81. The Labute approximate surface area is 134 Å². The maximum atomic E-state index is 6.81. The topological polar surface area (TPSA) is 35.2 Å². The second-order valence-corrected chi connectivity index (χ2v) is 11.5. The van der Waals surface area contributed by atoms with Crippen molar-refractivity contribution in [2.45, 2.75) is 44.4 Å². The predicted molar refractivity (Wildman–Crippen MR) is 95.1 cm³/mol. The summed E-state index contributed by atoms with van der Waals surface area (Å²) in [5.41, 5.74) is 6.07. The Bertz CT molecular complexity index is 581. The SMILES string of the molecule is CC(C)(C)[Si](OC1CC1N)(c1ccccc1)c1ccccc1. The molecule has 0 saturated heterocycles. The molecule has 3 rings (SSSR count). The van der Waals surface area contributed by atoms with Crippen molar-refractivity contribution in [1.29, 1.82) is 0 Å². The van der Waals surface area contributed by atoms with Gasteiger partial charge in [-0.2, -0.15) is 0 Å². The molecule has 116 valence electrons. The molecule has 0 aliphatic heterocycles. The van der Waals surface area contributed by atoms with Gasteiger partial charge in [-0.1, -0.05) is 81.4 Å². The summed E-state index contributed by atoms with van der Waals surface area (Å²) in [6.45, 7) is 6.90. The van der Waals surface area contributed by atoms with Crippen LogP contribution in [-0.2, 0) is 4.43 Å². The maximum Gasteiger partial charge on any atom is 0.261 e. The molecule has 3 heteroatoms. The highest BCUT2D eigenvalue weighted by atomic mass is 28.4. The van der Waals surface area contributed by atoms with Crippen LogP contribution in [-0.4, -0.2) is 20.5 Å². The molecule has 0 aromatic heterocycles. The quantitative estimate of drug-likeness (QED) is 0.881. The van der Waals surface area contributed by atoms with Gasteiger partial charge in [-0.05, 0) is 21.8 Å². The zero-order chi connectivity index (χ0) is 15.8. The smallest absolute Gasteiger partial charge is 0.261 e. The molecule has 0 bridgehead atoms. The van der Waals surface area contributed by atoms with Crippen molar-refractivity contribution in [3.63, 3.8) is 0 Å². The number of rotatable bonds is 4. The lowest BCUT2D eigenvalue weighted by atomic mass is 10.2. The molecule has 1 aliphatic rings. The van der Waals surface area contributed by atoms with E-state index < -0.39 is 8.32 Å². The van der Waals surface area contributed by atoms with Gasteiger partial charge < -0.3 is 10.2 Å². The number of hydrogen-bond acceptors (Lipinski definition) is 2. The normalized spacial score (nSPS) is 21.6. The molecular weight excluding hydrogens is 286 g/mol. The largest absolute Gasteiger partial charge is 0.403 e. The van der Waals surface area contributed by atoms with Crippen molar-refractivity contribution in [3.05, 3.63) is 60.7 Å². The van der Waals surface area contributed by atoms with Crippen LogP contribution in [0.15, 0.2) is 60.7 Å². The summed E-state index contributed by atoms with van der Waals surface area (Å²) in [4.78, 5) is 0. The molecule has 0 amide bonds.